The molecule has 1 amide bonds. The van der Waals surface area contributed by atoms with Crippen LogP contribution in [0, 0.1) is 0 Å². The Hall–Kier alpha value is -0.910. The minimum Gasteiger partial charge on any atom is -0.444 e. The number of rotatable bonds is 3. The van der Waals surface area contributed by atoms with Gasteiger partial charge in [-0.15, -0.1) is 0 Å². The lowest BCUT2D eigenvalue weighted by molar-refractivity contribution is -0.00250. The zero-order valence-electron chi connectivity index (χ0n) is 13.1. The number of nitrogens with zero attached hydrogens (tertiary/aromatic N) is 1. The summed E-state index contributed by atoms with van der Waals surface area (Å²) in [7, 11) is 0. The number of amides is 1. The zero-order valence-corrected chi connectivity index (χ0v) is 13.1. The summed E-state index contributed by atoms with van der Waals surface area (Å²) < 4.78 is 31.8. The van der Waals surface area contributed by atoms with Crippen LogP contribution in [0.25, 0.3) is 0 Å². The van der Waals surface area contributed by atoms with E-state index in [0.717, 1.165) is 4.90 Å². The van der Waals surface area contributed by atoms with Crippen LogP contribution in [-0.4, -0.2) is 46.8 Å². The molecular weight excluding hydrogens is 268 g/mol. The summed E-state index contributed by atoms with van der Waals surface area (Å²) in [4.78, 5) is 12.9. The van der Waals surface area contributed by atoms with E-state index in [0.29, 0.717) is 12.8 Å². The third-order valence-corrected chi connectivity index (χ3v) is 2.70. The van der Waals surface area contributed by atoms with Gasteiger partial charge >= 0.3 is 6.09 Å². The van der Waals surface area contributed by atoms with Crippen molar-refractivity contribution in [2.75, 3.05) is 13.2 Å². The number of carbonyl (C=O) groups excluding carboxylic acids is 1. The molecule has 120 valence electrons. The third-order valence-electron chi connectivity index (χ3n) is 2.70. The SMILES string of the molecule is CC.CC(C)(C)OC(=O)N1CC(F)(F)CC1CCCO. The smallest absolute Gasteiger partial charge is 0.410 e. The van der Waals surface area contributed by atoms with E-state index in [1.165, 1.54) is 0 Å². The second-order valence-electron chi connectivity index (χ2n) is 5.69. The van der Waals surface area contributed by atoms with Crippen molar-refractivity contribution in [2.24, 2.45) is 0 Å². The van der Waals surface area contributed by atoms with Gasteiger partial charge in [0.15, 0.2) is 0 Å². The minimum atomic E-state index is -2.86. The van der Waals surface area contributed by atoms with Crippen LogP contribution in [0.4, 0.5) is 13.6 Å². The molecular formula is C14H27F2NO3. The highest BCUT2D eigenvalue weighted by molar-refractivity contribution is 5.69. The molecule has 0 aromatic rings. The van der Waals surface area contributed by atoms with E-state index in [9.17, 15) is 13.6 Å². The molecule has 6 heteroatoms. The molecule has 1 unspecified atom stereocenters. The Labute approximate surface area is 120 Å². The van der Waals surface area contributed by atoms with Crippen molar-refractivity contribution in [2.45, 2.75) is 71.4 Å². The monoisotopic (exact) mass is 295 g/mol. The van der Waals surface area contributed by atoms with Crippen LogP contribution in [0.1, 0.15) is 53.9 Å². The average Bonchev–Trinajstić information content (AvgIpc) is 2.62. The topological polar surface area (TPSA) is 49.8 Å². The molecule has 0 saturated carbocycles. The number of likely N-dealkylation sites (tertiary alicyclic amines) is 1. The van der Waals surface area contributed by atoms with Gasteiger partial charge in [0.25, 0.3) is 5.92 Å². The van der Waals surface area contributed by atoms with E-state index in [1.807, 2.05) is 13.8 Å². The quantitative estimate of drug-likeness (QED) is 0.868. The zero-order chi connectivity index (χ0) is 16.0. The number of carbonyl (C=O) groups is 1. The lowest BCUT2D eigenvalue weighted by Gasteiger charge is -2.28. The highest BCUT2D eigenvalue weighted by Crippen LogP contribution is 2.34. The molecule has 0 radical (unpaired) electrons. The number of aliphatic hydroxyl groups is 1. The van der Waals surface area contributed by atoms with E-state index in [2.05, 4.69) is 0 Å². The summed E-state index contributed by atoms with van der Waals surface area (Å²) in [5, 5.41) is 8.75. The number of alkyl halides is 2. The number of halogens is 2. The molecule has 0 aliphatic carbocycles. The first-order chi connectivity index (χ1) is 9.14. The lowest BCUT2D eigenvalue weighted by atomic mass is 10.1. The van der Waals surface area contributed by atoms with Crippen LogP contribution in [0.5, 0.6) is 0 Å². The summed E-state index contributed by atoms with van der Waals surface area (Å²) in [5.41, 5.74) is -0.698. The summed E-state index contributed by atoms with van der Waals surface area (Å²) in [6.07, 6.45) is -0.292. The molecule has 0 spiro atoms. The molecule has 1 heterocycles. The summed E-state index contributed by atoms with van der Waals surface area (Å²) in [6.45, 7) is 8.42. The Balaban J connectivity index is 0.00000172. The summed E-state index contributed by atoms with van der Waals surface area (Å²) in [6, 6.07) is -0.554. The van der Waals surface area contributed by atoms with Gasteiger partial charge in [0.2, 0.25) is 0 Å². The van der Waals surface area contributed by atoms with Crippen molar-refractivity contribution >= 4 is 6.09 Å². The van der Waals surface area contributed by atoms with Crippen molar-refractivity contribution in [1.29, 1.82) is 0 Å². The fourth-order valence-corrected chi connectivity index (χ4v) is 2.02. The molecule has 1 saturated heterocycles. The number of hydrogen-bond donors (Lipinski definition) is 1. The van der Waals surface area contributed by atoms with Crippen molar-refractivity contribution in [3.8, 4) is 0 Å². The van der Waals surface area contributed by atoms with Gasteiger partial charge in [0, 0.05) is 19.1 Å². The number of ether oxygens (including phenoxy) is 1. The first-order valence-corrected chi connectivity index (χ1v) is 7.13. The van der Waals surface area contributed by atoms with Gasteiger partial charge in [-0.05, 0) is 33.6 Å². The molecule has 1 rings (SSSR count). The van der Waals surface area contributed by atoms with Crippen LogP contribution >= 0.6 is 0 Å². The van der Waals surface area contributed by atoms with E-state index < -0.39 is 30.2 Å². The lowest BCUT2D eigenvalue weighted by Crippen LogP contribution is -2.40. The standard InChI is InChI=1S/C12H21F2NO3.C2H6/c1-11(2,3)18-10(17)15-8-12(13,14)7-9(15)5-4-6-16;1-2/h9,16H,4-8H2,1-3H3;1-2H3. The fourth-order valence-electron chi connectivity index (χ4n) is 2.02. The minimum absolute atomic E-state index is 0.0652. The highest BCUT2D eigenvalue weighted by atomic mass is 19.3. The Morgan fingerprint density at radius 1 is 1.40 bits per heavy atom. The van der Waals surface area contributed by atoms with E-state index >= 15 is 0 Å². The van der Waals surface area contributed by atoms with Gasteiger partial charge in [-0.3, -0.25) is 4.90 Å². The maximum Gasteiger partial charge on any atom is 0.410 e. The normalized spacial score (nSPS) is 21.2. The van der Waals surface area contributed by atoms with Gasteiger partial charge < -0.3 is 9.84 Å². The van der Waals surface area contributed by atoms with Crippen LogP contribution in [-0.2, 0) is 4.74 Å². The molecule has 1 N–H and O–H groups in total. The van der Waals surface area contributed by atoms with Crippen LogP contribution in [0.2, 0.25) is 0 Å². The van der Waals surface area contributed by atoms with Crippen LogP contribution in [0.15, 0.2) is 0 Å². The van der Waals surface area contributed by atoms with E-state index in [-0.39, 0.29) is 13.0 Å². The predicted octanol–water partition coefficient (Wildman–Crippen LogP) is 3.43. The molecule has 0 aromatic heterocycles. The molecule has 0 bridgehead atoms. The van der Waals surface area contributed by atoms with Gasteiger partial charge in [-0.1, -0.05) is 13.8 Å². The first kappa shape index (κ1) is 19.1. The maximum absolute atomic E-state index is 13.4. The molecule has 1 fully saturated rings. The molecule has 0 aromatic carbocycles. The van der Waals surface area contributed by atoms with Gasteiger partial charge in [-0.2, -0.15) is 0 Å². The average molecular weight is 295 g/mol. The van der Waals surface area contributed by atoms with E-state index in [1.54, 1.807) is 20.8 Å². The van der Waals surface area contributed by atoms with Crippen molar-refractivity contribution in [3.05, 3.63) is 0 Å². The maximum atomic E-state index is 13.4. The Bertz CT molecular complexity index is 303. The van der Waals surface area contributed by atoms with Crippen molar-refractivity contribution in [1.82, 2.24) is 4.90 Å². The Kier molecular flexibility index (Phi) is 7.41. The van der Waals surface area contributed by atoms with Gasteiger partial charge in [0.05, 0.1) is 6.54 Å². The highest BCUT2D eigenvalue weighted by Gasteiger charge is 2.47. The Morgan fingerprint density at radius 2 is 1.95 bits per heavy atom. The molecule has 1 aliphatic heterocycles. The predicted molar refractivity (Wildman–Crippen MR) is 74.0 cm³/mol. The van der Waals surface area contributed by atoms with E-state index in [4.69, 9.17) is 9.84 Å². The van der Waals surface area contributed by atoms with Crippen molar-refractivity contribution in [3.63, 3.8) is 0 Å². The third kappa shape index (κ3) is 6.50. The number of aliphatic hydroxyl groups excluding tert-OH is 1. The summed E-state index contributed by atoms with van der Waals surface area (Å²) in [5.74, 6) is -2.86. The first-order valence-electron chi connectivity index (χ1n) is 7.13. The van der Waals surface area contributed by atoms with Crippen molar-refractivity contribution < 1.29 is 23.4 Å². The number of hydrogen-bond acceptors (Lipinski definition) is 3. The molecule has 1 atom stereocenters. The van der Waals surface area contributed by atoms with Crippen LogP contribution in [0.3, 0.4) is 0 Å². The molecule has 1 aliphatic rings. The van der Waals surface area contributed by atoms with Gasteiger partial charge in [0.1, 0.15) is 5.60 Å². The molecule has 4 nitrogen and oxygen atoms in total. The summed E-state index contributed by atoms with van der Waals surface area (Å²) >= 11 is 0. The second kappa shape index (κ2) is 7.76. The second-order valence-corrected chi connectivity index (χ2v) is 5.69. The largest absolute Gasteiger partial charge is 0.444 e. The van der Waals surface area contributed by atoms with Gasteiger partial charge in [-0.25, -0.2) is 13.6 Å². The fraction of sp³-hybridized carbons (Fsp3) is 0.929. The Morgan fingerprint density at radius 3 is 2.40 bits per heavy atom. The van der Waals surface area contributed by atoms with Crippen LogP contribution < -0.4 is 0 Å². The molecule has 20 heavy (non-hydrogen) atoms.